The van der Waals surface area contributed by atoms with E-state index in [1.54, 1.807) is 49.7 Å². The van der Waals surface area contributed by atoms with Crippen molar-refractivity contribution in [2.24, 2.45) is 13.0 Å². The van der Waals surface area contributed by atoms with E-state index in [0.717, 1.165) is 0 Å². The van der Waals surface area contributed by atoms with Crippen LogP contribution in [0.5, 0.6) is 5.75 Å². The maximum atomic E-state index is 13.2. The number of nitrogens with one attached hydrogen (secondary N) is 1. The Kier molecular flexibility index (Phi) is 5.18. The summed E-state index contributed by atoms with van der Waals surface area (Å²) >= 11 is 0. The zero-order valence-corrected chi connectivity index (χ0v) is 19.2. The van der Waals surface area contributed by atoms with Gasteiger partial charge in [-0.05, 0) is 24.3 Å². The summed E-state index contributed by atoms with van der Waals surface area (Å²) in [7, 11) is 3.16. The van der Waals surface area contributed by atoms with Crippen molar-refractivity contribution < 1.29 is 28.5 Å². The number of H-pyrrole nitrogens is 1. The summed E-state index contributed by atoms with van der Waals surface area (Å²) in [5, 5.41) is 13.7. The zero-order chi connectivity index (χ0) is 24.2. The van der Waals surface area contributed by atoms with E-state index >= 15 is 0 Å². The molecule has 0 unspecified atom stereocenters. The van der Waals surface area contributed by atoms with Crippen LogP contribution in [0.3, 0.4) is 0 Å². The molecule has 2 aromatic heterocycles. The van der Waals surface area contributed by atoms with Crippen LogP contribution >= 0.6 is 0 Å². The molecule has 0 saturated carbocycles. The summed E-state index contributed by atoms with van der Waals surface area (Å²) in [4.78, 5) is 42.0. The number of aromatic nitrogens is 3. The van der Waals surface area contributed by atoms with Gasteiger partial charge in [-0.2, -0.15) is 0 Å². The van der Waals surface area contributed by atoms with Gasteiger partial charge in [-0.3, -0.25) is 14.4 Å². The summed E-state index contributed by atoms with van der Waals surface area (Å²) < 4.78 is 18.1. The van der Waals surface area contributed by atoms with Crippen LogP contribution in [0.25, 0.3) is 10.9 Å². The van der Waals surface area contributed by atoms with E-state index in [9.17, 15) is 19.6 Å². The van der Waals surface area contributed by atoms with Crippen molar-refractivity contribution in [3.05, 3.63) is 62.6 Å². The number of pyridine rings is 1. The molecule has 1 aromatic carbocycles. The molecule has 0 spiro atoms. The summed E-state index contributed by atoms with van der Waals surface area (Å²) in [5.74, 6) is -5.39. The molecule has 0 amide bonds. The molecule has 33 heavy (non-hydrogen) atoms. The average Bonchev–Trinajstić information content (AvgIpc) is 2.92. The highest BCUT2D eigenvalue weighted by atomic mass is 16.7. The maximum Gasteiger partial charge on any atom is 0.324 e. The van der Waals surface area contributed by atoms with Crippen molar-refractivity contribution in [3.8, 4) is 5.75 Å². The van der Waals surface area contributed by atoms with Gasteiger partial charge in [0.05, 0.1) is 14.2 Å². The Morgan fingerprint density at radius 3 is 2.33 bits per heavy atom. The molecule has 10 heteroatoms. The topological polar surface area (TPSA) is 127 Å². The number of carbonyl (C=O) groups excluding carboxylic acids is 2. The normalized spacial score (nSPS) is 17.0. The molecule has 3 heterocycles. The van der Waals surface area contributed by atoms with Crippen molar-refractivity contribution in [2.45, 2.75) is 39.4 Å². The number of ether oxygens (including phenoxy) is 3. The van der Waals surface area contributed by atoms with Gasteiger partial charge < -0.3 is 24.4 Å². The highest BCUT2D eigenvalue weighted by molar-refractivity contribution is 5.98. The van der Waals surface area contributed by atoms with Crippen molar-refractivity contribution in [2.75, 3.05) is 7.11 Å². The predicted octanol–water partition coefficient (Wildman–Crippen LogP) is 1.71. The molecular weight excluding hydrogens is 430 g/mol. The number of nitrogens with zero attached hydrogens (tertiary/aromatic N) is 2. The summed E-state index contributed by atoms with van der Waals surface area (Å²) in [6.45, 7) is 6.24. The summed E-state index contributed by atoms with van der Waals surface area (Å²) in [5.41, 5.74) is 1.06. The Morgan fingerprint density at radius 2 is 1.79 bits per heavy atom. The number of benzene rings is 1. The van der Waals surface area contributed by atoms with E-state index < -0.39 is 35.1 Å². The minimum atomic E-state index is -1.55. The first-order chi connectivity index (χ1) is 15.4. The van der Waals surface area contributed by atoms with Gasteiger partial charge in [0.15, 0.2) is 5.92 Å². The third-order valence-corrected chi connectivity index (χ3v) is 6.11. The molecule has 10 nitrogen and oxygen atoms in total. The number of methoxy groups -OCH3 is 1. The lowest BCUT2D eigenvalue weighted by Crippen LogP contribution is -2.51. The van der Waals surface area contributed by atoms with Gasteiger partial charge in [0.1, 0.15) is 23.1 Å². The van der Waals surface area contributed by atoms with Gasteiger partial charge in [-0.1, -0.05) is 0 Å². The second kappa shape index (κ2) is 7.65. The van der Waals surface area contributed by atoms with E-state index in [2.05, 4.69) is 4.98 Å². The van der Waals surface area contributed by atoms with Crippen LogP contribution in [0.2, 0.25) is 0 Å². The SMILES string of the molecule is COc1ccc2[nH]c(=O)c([C@@H](c3n(C)c(C)c(C)[n+]3[O-])C3C(=O)OC(C)(C)OC3=O)cc2c1. The second-order valence-corrected chi connectivity index (χ2v) is 8.59. The number of carbonyl (C=O) groups is 2. The molecule has 174 valence electrons. The Labute approximate surface area is 189 Å². The first kappa shape index (κ1) is 22.4. The first-order valence-corrected chi connectivity index (χ1v) is 10.4. The molecule has 1 fully saturated rings. The molecule has 1 aliphatic heterocycles. The van der Waals surface area contributed by atoms with E-state index in [1.165, 1.54) is 21.0 Å². The standard InChI is InChI=1S/C23H25N3O7/c1-11-12(2)26(30)20(25(11)5)17(18-21(28)32-23(3,4)33-22(18)29)15-10-13-9-14(31-6)7-8-16(13)24-19(15)27/h7-10,17-18H,1-6H3,(H,24,27)/t17-/m1/s1. The highest BCUT2D eigenvalue weighted by Gasteiger charge is 2.52. The monoisotopic (exact) mass is 455 g/mol. The molecule has 0 aliphatic carbocycles. The lowest BCUT2D eigenvalue weighted by atomic mass is 9.84. The Bertz CT molecular complexity index is 1310. The minimum Gasteiger partial charge on any atom is -0.711 e. The lowest BCUT2D eigenvalue weighted by Gasteiger charge is -2.35. The van der Waals surface area contributed by atoms with Gasteiger partial charge in [-0.25, -0.2) is 9.30 Å². The lowest BCUT2D eigenvalue weighted by molar-refractivity contribution is -0.621. The van der Waals surface area contributed by atoms with Gasteiger partial charge in [0.25, 0.3) is 17.2 Å². The average molecular weight is 455 g/mol. The number of fused-ring (bicyclic) bond motifs is 1. The largest absolute Gasteiger partial charge is 0.711 e. The molecule has 4 rings (SSSR count). The van der Waals surface area contributed by atoms with Crippen molar-refractivity contribution >= 4 is 22.8 Å². The molecule has 1 atom stereocenters. The molecular formula is C23H25N3O7. The number of aromatic amines is 1. The third-order valence-electron chi connectivity index (χ3n) is 6.11. The number of hydrogen-bond acceptors (Lipinski definition) is 7. The molecule has 1 saturated heterocycles. The van der Waals surface area contributed by atoms with Gasteiger partial charge in [-0.15, -0.1) is 0 Å². The fourth-order valence-electron chi connectivity index (χ4n) is 4.23. The fourth-order valence-corrected chi connectivity index (χ4v) is 4.23. The Hall–Kier alpha value is -3.82. The minimum absolute atomic E-state index is 0.0522. The Balaban J connectivity index is 2.01. The molecule has 0 bridgehead atoms. The van der Waals surface area contributed by atoms with E-state index in [4.69, 9.17) is 14.2 Å². The zero-order valence-electron chi connectivity index (χ0n) is 19.2. The van der Waals surface area contributed by atoms with Crippen LogP contribution in [0.4, 0.5) is 0 Å². The van der Waals surface area contributed by atoms with Crippen LogP contribution in [0.1, 0.15) is 42.5 Å². The summed E-state index contributed by atoms with van der Waals surface area (Å²) in [6.07, 6.45) is 0. The van der Waals surface area contributed by atoms with Crippen LogP contribution in [-0.4, -0.2) is 34.4 Å². The molecule has 3 aromatic rings. The second-order valence-electron chi connectivity index (χ2n) is 8.59. The van der Waals surface area contributed by atoms with E-state index in [1.807, 2.05) is 0 Å². The van der Waals surface area contributed by atoms with Crippen LogP contribution in [-0.2, 0) is 26.1 Å². The van der Waals surface area contributed by atoms with Crippen molar-refractivity contribution in [1.82, 2.24) is 9.55 Å². The fraction of sp³-hybridized carbons (Fsp3) is 0.391. The predicted molar refractivity (Wildman–Crippen MR) is 117 cm³/mol. The third kappa shape index (κ3) is 3.61. The van der Waals surface area contributed by atoms with E-state index in [-0.39, 0.29) is 11.4 Å². The number of hydrogen-bond donors (Lipinski definition) is 1. The molecule has 0 radical (unpaired) electrons. The van der Waals surface area contributed by atoms with Crippen molar-refractivity contribution in [1.29, 1.82) is 0 Å². The van der Waals surface area contributed by atoms with Crippen molar-refractivity contribution in [3.63, 3.8) is 0 Å². The van der Waals surface area contributed by atoms with Gasteiger partial charge >= 0.3 is 11.9 Å². The number of rotatable bonds is 4. The smallest absolute Gasteiger partial charge is 0.324 e. The highest BCUT2D eigenvalue weighted by Crippen LogP contribution is 2.37. The van der Waals surface area contributed by atoms with Crippen LogP contribution in [0, 0.1) is 25.0 Å². The first-order valence-electron chi connectivity index (χ1n) is 10.4. The number of esters is 2. The van der Waals surface area contributed by atoms with Crippen LogP contribution in [0.15, 0.2) is 29.1 Å². The number of imidazole rings is 1. The Morgan fingerprint density at radius 1 is 1.15 bits per heavy atom. The summed E-state index contributed by atoms with van der Waals surface area (Å²) in [6, 6.07) is 6.64. The van der Waals surface area contributed by atoms with E-state index in [0.29, 0.717) is 32.8 Å². The molecule has 1 aliphatic rings. The van der Waals surface area contributed by atoms with Gasteiger partial charge in [0.2, 0.25) is 0 Å². The van der Waals surface area contributed by atoms with Crippen LogP contribution < -0.4 is 15.0 Å². The maximum absolute atomic E-state index is 13.2. The van der Waals surface area contributed by atoms with Gasteiger partial charge in [0, 0.05) is 44.2 Å². The quantitative estimate of drug-likeness (QED) is 0.275. The number of cyclic esters (lactones) is 2. The molecule has 1 N–H and O–H groups in total.